The Balaban J connectivity index is 1.43. The van der Waals surface area contributed by atoms with E-state index in [1.807, 2.05) is 19.1 Å². The summed E-state index contributed by atoms with van der Waals surface area (Å²) in [6, 6.07) is 3.86. The van der Waals surface area contributed by atoms with Crippen LogP contribution in [0.25, 0.3) is 6.08 Å². The van der Waals surface area contributed by atoms with Gasteiger partial charge in [0.05, 0.1) is 10.2 Å². The minimum Gasteiger partial charge on any atom is -0.490 e. The van der Waals surface area contributed by atoms with Crippen LogP contribution in [0.1, 0.15) is 51.5 Å². The first kappa shape index (κ1) is 20.0. The van der Waals surface area contributed by atoms with Gasteiger partial charge in [0.2, 0.25) is 0 Å². The van der Waals surface area contributed by atoms with Crippen molar-refractivity contribution in [1.29, 1.82) is 0 Å². The average Bonchev–Trinajstić information content (AvgIpc) is 2.65. The van der Waals surface area contributed by atoms with Gasteiger partial charge in [-0.2, -0.15) is 0 Å². The van der Waals surface area contributed by atoms with Crippen LogP contribution in [-0.4, -0.2) is 24.8 Å². The molecule has 1 aromatic rings. The third-order valence-electron chi connectivity index (χ3n) is 6.99. The van der Waals surface area contributed by atoms with E-state index in [1.54, 1.807) is 6.08 Å². The minimum atomic E-state index is -0.323. The molecule has 0 atom stereocenters. The number of hydrogen-bond donors (Lipinski definition) is 0. The van der Waals surface area contributed by atoms with Crippen LogP contribution in [0.2, 0.25) is 0 Å². The van der Waals surface area contributed by atoms with Gasteiger partial charge in [0.1, 0.15) is 5.60 Å². The zero-order valence-corrected chi connectivity index (χ0v) is 18.9. The smallest absolute Gasteiger partial charge is 0.344 e. The van der Waals surface area contributed by atoms with Gasteiger partial charge in [-0.15, -0.1) is 0 Å². The van der Waals surface area contributed by atoms with Crippen molar-refractivity contribution < 1.29 is 19.0 Å². The van der Waals surface area contributed by atoms with Crippen molar-refractivity contribution in [3.63, 3.8) is 0 Å². The maximum absolute atomic E-state index is 12.7. The van der Waals surface area contributed by atoms with Gasteiger partial charge in [0.25, 0.3) is 0 Å². The summed E-state index contributed by atoms with van der Waals surface area (Å²) in [5, 5.41) is 0. The van der Waals surface area contributed by atoms with E-state index < -0.39 is 0 Å². The SMILES string of the molecule is C=Cc1cc(I)c(OCC(=O)OC2(C)C3CC4CC(C3)CC2C4)c(OCC)c1. The number of rotatable bonds is 7. The van der Waals surface area contributed by atoms with Crippen LogP contribution in [0.15, 0.2) is 18.7 Å². The summed E-state index contributed by atoms with van der Waals surface area (Å²) in [4.78, 5) is 12.7. The van der Waals surface area contributed by atoms with E-state index in [-0.39, 0.29) is 18.2 Å². The largest absolute Gasteiger partial charge is 0.490 e. The molecule has 5 heteroatoms. The first-order chi connectivity index (χ1) is 13.4. The lowest BCUT2D eigenvalue weighted by atomic mass is 9.50. The molecule has 4 aliphatic carbocycles. The van der Waals surface area contributed by atoms with Gasteiger partial charge in [-0.3, -0.25) is 0 Å². The van der Waals surface area contributed by atoms with Crippen molar-refractivity contribution >= 4 is 34.6 Å². The Bertz CT molecular complexity index is 744. The molecule has 4 aliphatic rings. The Kier molecular flexibility index (Phi) is 5.64. The number of halogens is 1. The topological polar surface area (TPSA) is 44.8 Å². The maximum atomic E-state index is 12.7. The second kappa shape index (κ2) is 7.88. The summed E-state index contributed by atoms with van der Waals surface area (Å²) in [5.74, 6) is 3.69. The Morgan fingerprint density at radius 3 is 2.39 bits per heavy atom. The standard InChI is InChI=1S/C23H29IO4/c1-4-14-11-19(24)22(20(12-14)26-5-2)27-13-21(25)28-23(3)17-7-15-6-16(9-17)10-18(23)8-15/h4,11-12,15-18H,1,5-10,13H2,2-3H3. The summed E-state index contributed by atoms with van der Waals surface area (Å²) in [6.07, 6.45) is 8.02. The normalized spacial score (nSPS) is 32.8. The predicted molar refractivity (Wildman–Crippen MR) is 117 cm³/mol. The van der Waals surface area contributed by atoms with Crippen LogP contribution in [0.3, 0.4) is 0 Å². The first-order valence-corrected chi connectivity index (χ1v) is 11.4. The minimum absolute atomic E-state index is 0.0919. The number of esters is 1. The molecular weight excluding hydrogens is 467 g/mol. The Labute approximate surface area is 181 Å². The molecule has 1 aromatic carbocycles. The third kappa shape index (κ3) is 3.66. The second-order valence-corrected chi connectivity index (χ2v) is 9.88. The predicted octanol–water partition coefficient (Wildman–Crippen LogP) is 5.47. The summed E-state index contributed by atoms with van der Waals surface area (Å²) >= 11 is 2.20. The first-order valence-electron chi connectivity index (χ1n) is 10.4. The number of carbonyl (C=O) groups excluding carboxylic acids is 1. The molecule has 0 amide bonds. The van der Waals surface area contributed by atoms with Crippen molar-refractivity contribution in [3.05, 3.63) is 27.8 Å². The molecule has 4 bridgehead atoms. The molecule has 152 valence electrons. The zero-order chi connectivity index (χ0) is 19.9. The van der Waals surface area contributed by atoms with Gasteiger partial charge in [0.15, 0.2) is 18.1 Å². The van der Waals surface area contributed by atoms with Crippen LogP contribution >= 0.6 is 22.6 Å². The Hall–Kier alpha value is -1.24. The van der Waals surface area contributed by atoms with E-state index in [0.29, 0.717) is 29.9 Å². The summed E-state index contributed by atoms with van der Waals surface area (Å²) in [5.41, 5.74) is 0.639. The van der Waals surface area contributed by atoms with E-state index in [9.17, 15) is 4.79 Å². The van der Waals surface area contributed by atoms with Crippen molar-refractivity contribution in [2.75, 3.05) is 13.2 Å². The third-order valence-corrected chi connectivity index (χ3v) is 7.80. The molecule has 0 unspecified atom stereocenters. The fourth-order valence-corrected chi connectivity index (χ4v) is 6.58. The highest BCUT2D eigenvalue weighted by Crippen LogP contribution is 2.59. The number of ether oxygens (including phenoxy) is 3. The monoisotopic (exact) mass is 496 g/mol. The molecule has 0 heterocycles. The van der Waals surface area contributed by atoms with Gasteiger partial charge in [-0.1, -0.05) is 12.7 Å². The van der Waals surface area contributed by atoms with Crippen molar-refractivity contribution in [3.8, 4) is 11.5 Å². The lowest BCUT2D eigenvalue weighted by Crippen LogP contribution is -2.58. The van der Waals surface area contributed by atoms with Crippen molar-refractivity contribution in [2.45, 2.75) is 51.6 Å². The highest BCUT2D eigenvalue weighted by molar-refractivity contribution is 14.1. The molecule has 0 aliphatic heterocycles. The van der Waals surface area contributed by atoms with Gasteiger partial charge >= 0.3 is 5.97 Å². The Morgan fingerprint density at radius 1 is 1.18 bits per heavy atom. The summed E-state index contributed by atoms with van der Waals surface area (Å²) in [7, 11) is 0. The van der Waals surface area contributed by atoms with Crippen LogP contribution in [0, 0.1) is 27.2 Å². The van der Waals surface area contributed by atoms with E-state index in [0.717, 1.165) is 21.0 Å². The highest BCUT2D eigenvalue weighted by atomic mass is 127. The zero-order valence-electron chi connectivity index (χ0n) is 16.7. The Morgan fingerprint density at radius 2 is 1.82 bits per heavy atom. The van der Waals surface area contributed by atoms with Gasteiger partial charge in [0, 0.05) is 0 Å². The number of hydrogen-bond acceptors (Lipinski definition) is 4. The number of carbonyl (C=O) groups is 1. The molecule has 0 radical (unpaired) electrons. The molecule has 5 rings (SSSR count). The molecule has 28 heavy (non-hydrogen) atoms. The molecule has 0 aromatic heterocycles. The molecule has 4 nitrogen and oxygen atoms in total. The van der Waals surface area contributed by atoms with Crippen molar-refractivity contribution in [2.24, 2.45) is 23.7 Å². The lowest BCUT2D eigenvalue weighted by Gasteiger charge is -2.59. The molecule has 4 saturated carbocycles. The van der Waals surface area contributed by atoms with Crippen LogP contribution in [0.4, 0.5) is 0 Å². The fourth-order valence-electron chi connectivity index (χ4n) is 5.80. The highest BCUT2D eigenvalue weighted by Gasteiger charge is 2.57. The van der Waals surface area contributed by atoms with Gasteiger partial charge in [-0.25, -0.2) is 4.79 Å². The van der Waals surface area contributed by atoms with Crippen molar-refractivity contribution in [1.82, 2.24) is 0 Å². The summed E-state index contributed by atoms with van der Waals surface area (Å²) in [6.45, 7) is 8.34. The van der Waals surface area contributed by atoms with E-state index >= 15 is 0 Å². The maximum Gasteiger partial charge on any atom is 0.344 e. The molecular formula is C23H29IO4. The fraction of sp³-hybridized carbons (Fsp3) is 0.609. The van der Waals surface area contributed by atoms with E-state index in [4.69, 9.17) is 14.2 Å². The molecule has 4 fully saturated rings. The van der Waals surface area contributed by atoms with Gasteiger partial charge in [-0.05, 0) is 110 Å². The van der Waals surface area contributed by atoms with Gasteiger partial charge < -0.3 is 14.2 Å². The lowest BCUT2D eigenvalue weighted by molar-refractivity contribution is -0.204. The second-order valence-electron chi connectivity index (χ2n) is 8.72. The molecule has 0 N–H and O–H groups in total. The molecule has 0 spiro atoms. The average molecular weight is 496 g/mol. The van der Waals surface area contributed by atoms with Crippen LogP contribution in [0.5, 0.6) is 11.5 Å². The quantitative estimate of drug-likeness (QED) is 0.371. The van der Waals surface area contributed by atoms with E-state index in [2.05, 4.69) is 36.1 Å². The van der Waals surface area contributed by atoms with Crippen LogP contribution < -0.4 is 9.47 Å². The summed E-state index contributed by atoms with van der Waals surface area (Å²) < 4.78 is 18.6. The molecule has 0 saturated heterocycles. The number of benzene rings is 1. The van der Waals surface area contributed by atoms with Crippen LogP contribution in [-0.2, 0) is 9.53 Å². The van der Waals surface area contributed by atoms with E-state index in [1.165, 1.54) is 32.1 Å².